The zero-order valence-electron chi connectivity index (χ0n) is 20.1. The Morgan fingerprint density at radius 3 is 2.38 bits per heavy atom. The van der Waals surface area contributed by atoms with Gasteiger partial charge in [-0.1, -0.05) is 53.5 Å². The van der Waals surface area contributed by atoms with Crippen molar-refractivity contribution in [1.82, 2.24) is 0 Å². The van der Waals surface area contributed by atoms with Crippen LogP contribution in [0.15, 0.2) is 24.3 Å². The fourth-order valence-electron chi connectivity index (χ4n) is 5.10. The van der Waals surface area contributed by atoms with Crippen molar-refractivity contribution in [2.45, 2.75) is 64.0 Å². The molecule has 0 spiro atoms. The lowest BCUT2D eigenvalue weighted by molar-refractivity contribution is -0.183. The number of methoxy groups -OCH3 is 1. The highest BCUT2D eigenvalue weighted by atomic mass is 28.3. The van der Waals surface area contributed by atoms with Crippen LogP contribution in [0.4, 0.5) is 4.39 Å². The van der Waals surface area contributed by atoms with Gasteiger partial charge in [0.2, 0.25) is 0 Å². The summed E-state index contributed by atoms with van der Waals surface area (Å²) < 4.78 is 26.0. The maximum Gasteiger partial charge on any atom is 0.354 e. The Labute approximate surface area is 193 Å². The molecular formula is C25H33BFO4Si. The second kappa shape index (κ2) is 10.4. The van der Waals surface area contributed by atoms with Gasteiger partial charge < -0.3 is 14.3 Å². The SMILES string of the molecule is COCOc1cc(C2[B]OOC2)c2c(C#C[Si](C(C)C)(C(C)C)C(C)C)c(F)ccc2c1. The summed E-state index contributed by atoms with van der Waals surface area (Å²) in [6, 6.07) is 7.07. The van der Waals surface area contributed by atoms with Crippen LogP contribution in [0.1, 0.15) is 58.5 Å². The molecule has 171 valence electrons. The standard InChI is InChI=1S/C25H33BFO4Si/c1-16(2)32(17(3)4,18(5)6)11-10-21-24(27)9-8-19-12-20(29-15-28-7)13-22(25(19)21)23-14-30-31-26-23/h8-9,12-13,16-18,23H,14-15H2,1-7H3. The van der Waals surface area contributed by atoms with Crippen molar-refractivity contribution in [2.75, 3.05) is 20.5 Å². The fourth-order valence-corrected chi connectivity index (χ4v) is 10.3. The lowest BCUT2D eigenvalue weighted by Crippen LogP contribution is -2.43. The van der Waals surface area contributed by atoms with Crippen LogP contribution in [0, 0.1) is 17.3 Å². The monoisotopic (exact) mass is 455 g/mol. The number of rotatable bonds is 7. The molecule has 1 unspecified atom stereocenters. The Morgan fingerprint density at radius 1 is 1.12 bits per heavy atom. The minimum Gasteiger partial charge on any atom is -0.468 e. The molecule has 1 saturated heterocycles. The van der Waals surface area contributed by atoms with Crippen molar-refractivity contribution >= 4 is 26.3 Å². The van der Waals surface area contributed by atoms with Gasteiger partial charge in [0, 0.05) is 18.3 Å². The predicted molar refractivity (Wildman–Crippen MR) is 130 cm³/mol. The maximum absolute atomic E-state index is 15.3. The Kier molecular flexibility index (Phi) is 8.05. The topological polar surface area (TPSA) is 36.9 Å². The number of benzene rings is 2. The molecule has 7 heteroatoms. The summed E-state index contributed by atoms with van der Waals surface area (Å²) in [7, 11) is 1.18. The van der Waals surface area contributed by atoms with Gasteiger partial charge >= 0.3 is 7.48 Å². The Hall–Kier alpha value is -1.85. The van der Waals surface area contributed by atoms with Crippen LogP contribution < -0.4 is 4.74 Å². The smallest absolute Gasteiger partial charge is 0.354 e. The van der Waals surface area contributed by atoms with E-state index in [2.05, 4.69) is 53.0 Å². The van der Waals surface area contributed by atoms with Gasteiger partial charge in [0.25, 0.3) is 0 Å². The second-order valence-electron chi connectivity index (χ2n) is 9.35. The van der Waals surface area contributed by atoms with Gasteiger partial charge in [-0.05, 0) is 45.8 Å². The molecule has 1 aliphatic rings. The van der Waals surface area contributed by atoms with Crippen molar-refractivity contribution in [2.24, 2.45) is 0 Å². The average Bonchev–Trinajstić information content (AvgIpc) is 3.27. The van der Waals surface area contributed by atoms with E-state index in [9.17, 15) is 0 Å². The summed E-state index contributed by atoms with van der Waals surface area (Å²) in [4.78, 5) is 10.2. The van der Waals surface area contributed by atoms with E-state index in [-0.39, 0.29) is 18.4 Å². The first-order chi connectivity index (χ1) is 15.2. The zero-order valence-corrected chi connectivity index (χ0v) is 21.1. The molecule has 1 fully saturated rings. The quantitative estimate of drug-likeness (QED) is 0.217. The lowest BCUT2D eigenvalue weighted by Gasteiger charge is -2.38. The van der Waals surface area contributed by atoms with Crippen LogP contribution in [-0.2, 0) is 14.4 Å². The second-order valence-corrected chi connectivity index (χ2v) is 14.9. The molecule has 3 rings (SSSR count). The average molecular weight is 455 g/mol. The molecule has 1 aliphatic heterocycles. The molecule has 0 amide bonds. The van der Waals surface area contributed by atoms with Gasteiger partial charge in [-0.3, -0.25) is 4.89 Å². The molecule has 2 aromatic rings. The van der Waals surface area contributed by atoms with Gasteiger partial charge in [0.05, 0.1) is 12.2 Å². The third-order valence-corrected chi connectivity index (χ3v) is 12.9. The highest BCUT2D eigenvalue weighted by Gasteiger charge is 2.41. The van der Waals surface area contributed by atoms with E-state index in [4.69, 9.17) is 19.2 Å². The van der Waals surface area contributed by atoms with Gasteiger partial charge in [-0.2, -0.15) is 0 Å². The highest BCUT2D eigenvalue weighted by molar-refractivity contribution is 6.90. The molecule has 2 aromatic carbocycles. The molecule has 0 aliphatic carbocycles. The molecular weight excluding hydrogens is 422 g/mol. The van der Waals surface area contributed by atoms with Crippen LogP contribution in [0.2, 0.25) is 16.6 Å². The Balaban J connectivity index is 2.26. The van der Waals surface area contributed by atoms with Gasteiger partial charge in [0.1, 0.15) is 19.6 Å². The number of ether oxygens (including phenoxy) is 2. The van der Waals surface area contributed by atoms with E-state index in [0.29, 0.717) is 34.5 Å². The molecule has 0 N–H and O–H groups in total. The molecule has 1 radical (unpaired) electrons. The normalized spacial score (nSPS) is 16.5. The van der Waals surface area contributed by atoms with Crippen LogP contribution in [-0.4, -0.2) is 36.1 Å². The van der Waals surface area contributed by atoms with E-state index in [1.165, 1.54) is 6.07 Å². The summed E-state index contributed by atoms with van der Waals surface area (Å²) in [6.45, 7) is 14.0. The van der Waals surface area contributed by atoms with Crippen molar-refractivity contribution in [3.8, 4) is 17.2 Å². The van der Waals surface area contributed by atoms with Gasteiger partial charge in [-0.25, -0.2) is 4.39 Å². The number of hydrogen-bond acceptors (Lipinski definition) is 4. The molecule has 0 aromatic heterocycles. The van der Waals surface area contributed by atoms with Crippen LogP contribution in [0.25, 0.3) is 10.8 Å². The first kappa shape index (κ1) is 24.8. The number of fused-ring (bicyclic) bond motifs is 1. The number of hydrogen-bond donors (Lipinski definition) is 0. The largest absolute Gasteiger partial charge is 0.468 e. The summed E-state index contributed by atoms with van der Waals surface area (Å²) in [5.41, 5.74) is 6.38. The van der Waals surface area contributed by atoms with Crippen LogP contribution in [0.5, 0.6) is 5.75 Å². The van der Waals surface area contributed by atoms with Crippen LogP contribution in [0.3, 0.4) is 0 Å². The summed E-state index contributed by atoms with van der Waals surface area (Å²) in [5.74, 6) is 3.54. The van der Waals surface area contributed by atoms with Gasteiger partial charge in [-0.15, -0.1) is 5.54 Å². The Morgan fingerprint density at radius 2 is 1.81 bits per heavy atom. The molecule has 0 saturated carbocycles. The summed E-state index contributed by atoms with van der Waals surface area (Å²) >= 11 is 0. The van der Waals surface area contributed by atoms with Crippen molar-refractivity contribution in [3.63, 3.8) is 0 Å². The Bertz CT molecular complexity index is 985. The predicted octanol–water partition coefficient (Wildman–Crippen LogP) is 6.15. The first-order valence-electron chi connectivity index (χ1n) is 11.2. The zero-order chi connectivity index (χ0) is 23.5. The van der Waals surface area contributed by atoms with E-state index < -0.39 is 8.07 Å². The van der Waals surface area contributed by atoms with E-state index in [1.54, 1.807) is 20.7 Å². The van der Waals surface area contributed by atoms with E-state index in [1.807, 2.05) is 12.1 Å². The third-order valence-electron chi connectivity index (χ3n) is 6.62. The maximum atomic E-state index is 15.3. The van der Waals surface area contributed by atoms with E-state index >= 15 is 4.39 Å². The summed E-state index contributed by atoms with van der Waals surface area (Å²) in [5, 5.41) is 1.65. The van der Waals surface area contributed by atoms with Gasteiger partial charge in [0.15, 0.2) is 6.79 Å². The third kappa shape index (κ3) is 4.74. The first-order valence-corrected chi connectivity index (χ1v) is 13.5. The minimum absolute atomic E-state index is 0.130. The molecule has 0 bridgehead atoms. The molecule has 32 heavy (non-hydrogen) atoms. The minimum atomic E-state index is -2.02. The van der Waals surface area contributed by atoms with E-state index in [0.717, 1.165) is 16.3 Å². The molecule has 1 heterocycles. The van der Waals surface area contributed by atoms with Crippen molar-refractivity contribution in [3.05, 3.63) is 41.2 Å². The van der Waals surface area contributed by atoms with Crippen LogP contribution >= 0.6 is 0 Å². The van der Waals surface area contributed by atoms with Crippen molar-refractivity contribution < 1.29 is 23.6 Å². The highest BCUT2D eigenvalue weighted by Crippen LogP contribution is 2.41. The lowest BCUT2D eigenvalue weighted by atomic mass is 9.74. The fraction of sp³-hybridized carbons (Fsp3) is 0.520. The molecule has 4 nitrogen and oxygen atoms in total. The van der Waals surface area contributed by atoms with Crippen molar-refractivity contribution in [1.29, 1.82) is 0 Å². The number of halogens is 1. The molecule has 1 atom stereocenters. The summed E-state index contributed by atoms with van der Waals surface area (Å²) in [6.07, 6.45) is 0.